The molecule has 3 aliphatic rings. The van der Waals surface area contributed by atoms with E-state index in [0.717, 1.165) is 6.42 Å². The van der Waals surface area contributed by atoms with Gasteiger partial charge in [-0.3, -0.25) is 4.90 Å². The van der Waals surface area contributed by atoms with Crippen LogP contribution in [0.2, 0.25) is 0 Å². The third kappa shape index (κ3) is 1.83. The smallest absolute Gasteiger partial charge is 0.410 e. The zero-order valence-corrected chi connectivity index (χ0v) is 11.8. The Labute approximate surface area is 119 Å². The molecule has 1 amide bonds. The van der Waals surface area contributed by atoms with Crippen LogP contribution in [0, 0.1) is 5.92 Å². The number of carbonyl (C=O) groups is 1. The van der Waals surface area contributed by atoms with E-state index in [1.807, 2.05) is 0 Å². The summed E-state index contributed by atoms with van der Waals surface area (Å²) in [6.45, 7) is 0.566. The maximum Gasteiger partial charge on any atom is 0.410 e. The molecule has 3 nitrogen and oxygen atoms in total. The molecule has 1 aromatic rings. The summed E-state index contributed by atoms with van der Waals surface area (Å²) in [5, 5.41) is 0. The van der Waals surface area contributed by atoms with Gasteiger partial charge in [-0.05, 0) is 36.3 Å². The highest BCUT2D eigenvalue weighted by atomic mass is 16.6. The van der Waals surface area contributed by atoms with Gasteiger partial charge in [-0.2, -0.15) is 0 Å². The van der Waals surface area contributed by atoms with Crippen molar-refractivity contribution in [2.45, 2.75) is 50.6 Å². The molecule has 3 heteroatoms. The summed E-state index contributed by atoms with van der Waals surface area (Å²) >= 11 is 0. The molecule has 0 N–H and O–H groups in total. The molecule has 2 heterocycles. The van der Waals surface area contributed by atoms with Crippen molar-refractivity contribution in [1.82, 2.24) is 4.90 Å². The van der Waals surface area contributed by atoms with Gasteiger partial charge >= 0.3 is 6.09 Å². The largest absolute Gasteiger partial charge is 0.447 e. The number of benzene rings is 1. The van der Waals surface area contributed by atoms with Crippen molar-refractivity contribution in [3.05, 3.63) is 35.4 Å². The molecule has 2 fully saturated rings. The lowest BCUT2D eigenvalue weighted by atomic mass is 9.76. The Hall–Kier alpha value is -1.51. The monoisotopic (exact) mass is 271 g/mol. The normalized spacial score (nSPS) is 29.8. The van der Waals surface area contributed by atoms with Crippen LogP contribution >= 0.6 is 0 Å². The van der Waals surface area contributed by atoms with E-state index < -0.39 is 0 Å². The third-order valence-corrected chi connectivity index (χ3v) is 5.23. The van der Waals surface area contributed by atoms with Crippen molar-refractivity contribution in [3.63, 3.8) is 0 Å². The highest BCUT2D eigenvalue weighted by Gasteiger charge is 2.45. The van der Waals surface area contributed by atoms with E-state index in [2.05, 4.69) is 29.2 Å². The Bertz CT molecular complexity index is 521. The molecule has 2 aliphatic heterocycles. The minimum absolute atomic E-state index is 0.0972. The van der Waals surface area contributed by atoms with Gasteiger partial charge in [0.25, 0.3) is 0 Å². The first-order valence-corrected chi connectivity index (χ1v) is 7.87. The van der Waals surface area contributed by atoms with Crippen LogP contribution in [0.15, 0.2) is 24.3 Å². The van der Waals surface area contributed by atoms with Crippen LogP contribution in [0.4, 0.5) is 4.79 Å². The standard InChI is InChI=1S/C17H21NO2/c19-17-18-14(11-20-17)10-13-8-4-5-9-15(13)16(18)12-6-2-1-3-7-12/h4-5,8-9,12,14,16H,1-3,6-7,10-11H2. The van der Waals surface area contributed by atoms with Gasteiger partial charge in [0.05, 0.1) is 12.1 Å². The Morgan fingerprint density at radius 2 is 1.90 bits per heavy atom. The van der Waals surface area contributed by atoms with Crippen LogP contribution in [0.25, 0.3) is 0 Å². The first-order chi connectivity index (χ1) is 9.84. The number of hydrogen-bond acceptors (Lipinski definition) is 2. The second kappa shape index (κ2) is 4.80. The summed E-state index contributed by atoms with van der Waals surface area (Å²) in [5.41, 5.74) is 2.79. The Balaban J connectivity index is 1.76. The van der Waals surface area contributed by atoms with Gasteiger partial charge in [0.15, 0.2) is 0 Å². The van der Waals surface area contributed by atoms with Gasteiger partial charge in [-0.1, -0.05) is 43.5 Å². The average Bonchev–Trinajstić information content (AvgIpc) is 2.87. The Morgan fingerprint density at radius 1 is 1.10 bits per heavy atom. The van der Waals surface area contributed by atoms with E-state index in [9.17, 15) is 4.79 Å². The lowest BCUT2D eigenvalue weighted by molar-refractivity contribution is 0.105. The highest BCUT2D eigenvalue weighted by molar-refractivity contribution is 5.72. The third-order valence-electron chi connectivity index (χ3n) is 5.23. The van der Waals surface area contributed by atoms with Crippen LogP contribution in [0.1, 0.15) is 49.3 Å². The quantitative estimate of drug-likeness (QED) is 0.779. The molecule has 106 valence electrons. The topological polar surface area (TPSA) is 29.5 Å². The molecule has 0 spiro atoms. The minimum Gasteiger partial charge on any atom is -0.447 e. The van der Waals surface area contributed by atoms with Crippen molar-refractivity contribution in [3.8, 4) is 0 Å². The maximum atomic E-state index is 12.2. The highest BCUT2D eigenvalue weighted by Crippen LogP contribution is 2.45. The molecule has 1 aliphatic carbocycles. The van der Waals surface area contributed by atoms with Gasteiger partial charge in [0.2, 0.25) is 0 Å². The molecular weight excluding hydrogens is 250 g/mol. The van der Waals surface area contributed by atoms with Crippen molar-refractivity contribution in [1.29, 1.82) is 0 Å². The number of ether oxygens (including phenoxy) is 1. The minimum atomic E-state index is -0.0972. The van der Waals surface area contributed by atoms with Crippen molar-refractivity contribution < 1.29 is 9.53 Å². The molecule has 2 atom stereocenters. The van der Waals surface area contributed by atoms with Crippen molar-refractivity contribution in [2.75, 3.05) is 6.61 Å². The fraction of sp³-hybridized carbons (Fsp3) is 0.588. The summed E-state index contributed by atoms with van der Waals surface area (Å²) in [6.07, 6.45) is 7.29. The predicted molar refractivity (Wildman–Crippen MR) is 76.4 cm³/mol. The summed E-state index contributed by atoms with van der Waals surface area (Å²) in [4.78, 5) is 14.2. The summed E-state index contributed by atoms with van der Waals surface area (Å²) < 4.78 is 5.34. The van der Waals surface area contributed by atoms with Crippen molar-refractivity contribution >= 4 is 6.09 Å². The van der Waals surface area contributed by atoms with Crippen LogP contribution in [0.3, 0.4) is 0 Å². The van der Waals surface area contributed by atoms with E-state index in [-0.39, 0.29) is 18.2 Å². The lowest BCUT2D eigenvalue weighted by Crippen LogP contribution is -2.45. The molecule has 1 saturated heterocycles. The molecule has 1 aromatic carbocycles. The maximum absolute atomic E-state index is 12.2. The number of rotatable bonds is 1. The molecule has 20 heavy (non-hydrogen) atoms. The number of cyclic esters (lactones) is 1. The second-order valence-electron chi connectivity index (χ2n) is 6.38. The lowest BCUT2D eigenvalue weighted by Gasteiger charge is -2.42. The van der Waals surface area contributed by atoms with Crippen LogP contribution in [0.5, 0.6) is 0 Å². The van der Waals surface area contributed by atoms with Crippen LogP contribution in [-0.2, 0) is 11.2 Å². The van der Waals surface area contributed by atoms with Crippen LogP contribution in [-0.4, -0.2) is 23.6 Å². The molecule has 4 rings (SSSR count). The van der Waals surface area contributed by atoms with Gasteiger partial charge in [0, 0.05) is 0 Å². The van der Waals surface area contributed by atoms with E-state index in [0.29, 0.717) is 12.5 Å². The Morgan fingerprint density at radius 3 is 2.75 bits per heavy atom. The van der Waals surface area contributed by atoms with Gasteiger partial charge in [0.1, 0.15) is 6.61 Å². The molecule has 0 radical (unpaired) electrons. The van der Waals surface area contributed by atoms with E-state index in [1.54, 1.807) is 0 Å². The van der Waals surface area contributed by atoms with E-state index >= 15 is 0 Å². The van der Waals surface area contributed by atoms with Crippen molar-refractivity contribution in [2.24, 2.45) is 5.92 Å². The molecule has 2 unspecified atom stereocenters. The molecule has 0 aromatic heterocycles. The van der Waals surface area contributed by atoms with Gasteiger partial charge in [-0.15, -0.1) is 0 Å². The fourth-order valence-corrected chi connectivity index (χ4v) is 4.31. The van der Waals surface area contributed by atoms with E-state index in [1.165, 1.54) is 43.2 Å². The Kier molecular flexibility index (Phi) is 2.94. The first kappa shape index (κ1) is 12.2. The fourth-order valence-electron chi connectivity index (χ4n) is 4.31. The van der Waals surface area contributed by atoms with E-state index in [4.69, 9.17) is 4.74 Å². The second-order valence-corrected chi connectivity index (χ2v) is 6.38. The molecular formula is C17H21NO2. The summed E-state index contributed by atoms with van der Waals surface area (Å²) in [6, 6.07) is 9.17. The summed E-state index contributed by atoms with van der Waals surface area (Å²) in [7, 11) is 0. The number of carbonyl (C=O) groups excluding carboxylic acids is 1. The molecule has 0 bridgehead atoms. The number of fused-ring (bicyclic) bond motifs is 2. The number of amides is 1. The SMILES string of the molecule is O=C1OCC2Cc3ccccc3C(C3CCCCC3)N12. The summed E-state index contributed by atoms with van der Waals surface area (Å²) in [5.74, 6) is 0.610. The first-order valence-electron chi connectivity index (χ1n) is 7.87. The predicted octanol–water partition coefficient (Wildman–Crippen LogP) is 3.68. The number of nitrogens with zero attached hydrogens (tertiary/aromatic N) is 1. The average molecular weight is 271 g/mol. The zero-order valence-electron chi connectivity index (χ0n) is 11.8. The zero-order chi connectivity index (χ0) is 13.5. The van der Waals surface area contributed by atoms with Crippen LogP contribution < -0.4 is 0 Å². The van der Waals surface area contributed by atoms with Gasteiger partial charge in [-0.25, -0.2) is 4.79 Å². The molecule has 1 saturated carbocycles. The van der Waals surface area contributed by atoms with Gasteiger partial charge < -0.3 is 4.74 Å². The number of hydrogen-bond donors (Lipinski definition) is 0.